The van der Waals surface area contributed by atoms with E-state index in [1.54, 1.807) is 27.8 Å². The molecule has 2 N–H and O–H groups in total. The van der Waals surface area contributed by atoms with E-state index in [0.717, 1.165) is 0 Å². The van der Waals surface area contributed by atoms with Crippen molar-refractivity contribution in [3.8, 4) is 0 Å². The first-order valence-corrected chi connectivity index (χ1v) is 4.93. The van der Waals surface area contributed by atoms with Crippen LogP contribution in [-0.2, 0) is 16.5 Å². The van der Waals surface area contributed by atoms with Crippen molar-refractivity contribution in [1.29, 1.82) is 0 Å². The number of esters is 1. The molecule has 0 aromatic carbocycles. The molecule has 17 heavy (non-hydrogen) atoms. The van der Waals surface area contributed by atoms with E-state index in [9.17, 15) is 9.59 Å². The molecule has 1 aromatic rings. The highest BCUT2D eigenvalue weighted by atomic mass is 16.7. The quantitative estimate of drug-likeness (QED) is 0.584. The number of hydrogen-bond donors (Lipinski definition) is 1. The molecule has 1 heterocycles. The second kappa shape index (κ2) is 4.44. The topological polar surface area (TPSA) is 96.4 Å². The van der Waals surface area contributed by atoms with Gasteiger partial charge in [0.25, 0.3) is 0 Å². The Labute approximate surface area is 98.5 Å². The number of rotatable bonds is 1. The van der Waals surface area contributed by atoms with E-state index in [0.29, 0.717) is 0 Å². The predicted octanol–water partition coefficient (Wildman–Crippen LogP) is 1.09. The fourth-order valence-electron chi connectivity index (χ4n) is 0.978. The van der Waals surface area contributed by atoms with Gasteiger partial charge in [-0.25, -0.2) is 14.6 Å². The fraction of sp³-hybridized carbons (Fsp3) is 0.500. The van der Waals surface area contributed by atoms with E-state index < -0.39 is 17.7 Å². The Hall–Kier alpha value is -2.05. The average Bonchev–Trinajstić information content (AvgIpc) is 2.43. The van der Waals surface area contributed by atoms with Crippen LogP contribution in [0.1, 0.15) is 31.3 Å². The van der Waals surface area contributed by atoms with Gasteiger partial charge >= 0.3 is 12.1 Å². The van der Waals surface area contributed by atoms with Crippen LogP contribution >= 0.6 is 0 Å². The van der Waals surface area contributed by atoms with E-state index in [1.165, 1.54) is 10.8 Å². The molecule has 0 bridgehead atoms. The zero-order valence-electron chi connectivity index (χ0n) is 10.2. The van der Waals surface area contributed by atoms with Crippen molar-refractivity contribution >= 4 is 18.1 Å². The summed E-state index contributed by atoms with van der Waals surface area (Å²) in [6.45, 7) is 4.99. The first-order chi connectivity index (χ1) is 7.69. The molecule has 1 rings (SSSR count). The molecule has 1 aromatic heterocycles. The molecule has 0 aliphatic rings. The van der Waals surface area contributed by atoms with E-state index in [4.69, 9.17) is 10.5 Å². The molecular formula is C10H15N3O4. The molecule has 0 unspecified atom stereocenters. The van der Waals surface area contributed by atoms with Crippen LogP contribution in [0.25, 0.3) is 0 Å². The lowest BCUT2D eigenvalue weighted by Crippen LogP contribution is -2.26. The van der Waals surface area contributed by atoms with Crippen molar-refractivity contribution in [1.82, 2.24) is 9.55 Å². The first-order valence-electron chi connectivity index (χ1n) is 4.93. The maximum atomic E-state index is 11.5. The third-order valence-corrected chi connectivity index (χ3v) is 1.69. The molecule has 0 radical (unpaired) electrons. The number of carbonyl (C=O) groups is 2. The van der Waals surface area contributed by atoms with Gasteiger partial charge in [-0.2, -0.15) is 0 Å². The summed E-state index contributed by atoms with van der Waals surface area (Å²) in [6.07, 6.45) is 0.300. The summed E-state index contributed by atoms with van der Waals surface area (Å²) in [5.41, 5.74) is 4.67. The maximum Gasteiger partial charge on any atom is 0.516 e. The lowest BCUT2D eigenvalue weighted by Gasteiger charge is -2.17. The summed E-state index contributed by atoms with van der Waals surface area (Å²) in [5.74, 6) is -0.743. The monoisotopic (exact) mass is 241 g/mol. The van der Waals surface area contributed by atoms with Crippen LogP contribution in [0.2, 0.25) is 0 Å². The number of nitrogen functional groups attached to an aromatic ring is 1. The summed E-state index contributed by atoms with van der Waals surface area (Å²) in [5, 5.41) is 0. The van der Waals surface area contributed by atoms with Gasteiger partial charge in [0.05, 0.1) is 0 Å². The Morgan fingerprint density at radius 3 is 2.41 bits per heavy atom. The highest BCUT2D eigenvalue weighted by molar-refractivity contribution is 5.93. The molecule has 0 aliphatic heterocycles. The van der Waals surface area contributed by atoms with Crippen LogP contribution in [0.15, 0.2) is 6.20 Å². The molecule has 0 aliphatic carbocycles. The lowest BCUT2D eigenvalue weighted by molar-refractivity contribution is -0.00179. The van der Waals surface area contributed by atoms with Gasteiger partial charge in [0.15, 0.2) is 5.69 Å². The van der Waals surface area contributed by atoms with Crippen molar-refractivity contribution in [2.24, 2.45) is 7.05 Å². The van der Waals surface area contributed by atoms with Crippen LogP contribution in [0.3, 0.4) is 0 Å². The second-order valence-corrected chi connectivity index (χ2v) is 4.45. The molecule has 7 heteroatoms. The number of aryl methyl sites for hydroxylation is 1. The molecule has 0 saturated carbocycles. The Morgan fingerprint density at radius 1 is 1.41 bits per heavy atom. The van der Waals surface area contributed by atoms with Gasteiger partial charge in [-0.15, -0.1) is 0 Å². The average molecular weight is 241 g/mol. The van der Waals surface area contributed by atoms with Gasteiger partial charge in [0, 0.05) is 13.2 Å². The van der Waals surface area contributed by atoms with Gasteiger partial charge in [-0.1, -0.05) is 0 Å². The van der Waals surface area contributed by atoms with Crippen LogP contribution in [0.4, 0.5) is 10.7 Å². The standard InChI is InChI=1S/C10H15N3O4/c1-10(2,3)17-9(15)16-7(14)6-5-13(4)8(11)12-6/h5H,1-4H3,(H2,11,12). The maximum absolute atomic E-state index is 11.5. The van der Waals surface area contributed by atoms with Gasteiger partial charge in [0.1, 0.15) is 5.60 Å². The van der Waals surface area contributed by atoms with Crippen LogP contribution in [-0.4, -0.2) is 27.3 Å². The number of nitrogens with two attached hydrogens (primary N) is 1. The van der Waals surface area contributed by atoms with Crippen molar-refractivity contribution in [3.05, 3.63) is 11.9 Å². The smallest absolute Gasteiger partial charge is 0.428 e. The minimum absolute atomic E-state index is 0.0455. The number of aromatic nitrogens is 2. The SMILES string of the molecule is Cn1cc(C(=O)OC(=O)OC(C)(C)C)nc1N. The highest BCUT2D eigenvalue weighted by Crippen LogP contribution is 2.10. The van der Waals surface area contributed by atoms with Crippen molar-refractivity contribution in [3.63, 3.8) is 0 Å². The molecule has 7 nitrogen and oxygen atoms in total. The van der Waals surface area contributed by atoms with Crippen molar-refractivity contribution in [2.75, 3.05) is 5.73 Å². The van der Waals surface area contributed by atoms with Gasteiger partial charge in [-0.05, 0) is 20.8 Å². The summed E-state index contributed by atoms with van der Waals surface area (Å²) >= 11 is 0. The second-order valence-electron chi connectivity index (χ2n) is 4.45. The van der Waals surface area contributed by atoms with Crippen LogP contribution < -0.4 is 5.73 Å². The van der Waals surface area contributed by atoms with Crippen molar-refractivity contribution in [2.45, 2.75) is 26.4 Å². The fourth-order valence-corrected chi connectivity index (χ4v) is 0.978. The van der Waals surface area contributed by atoms with Gasteiger partial charge in [0.2, 0.25) is 5.95 Å². The highest BCUT2D eigenvalue weighted by Gasteiger charge is 2.22. The first kappa shape index (κ1) is 13.0. The molecule has 0 saturated heterocycles. The zero-order chi connectivity index (χ0) is 13.2. The Bertz CT molecular complexity index is 425. The summed E-state index contributed by atoms with van der Waals surface area (Å²) < 4.78 is 10.7. The van der Waals surface area contributed by atoms with Gasteiger partial charge < -0.3 is 19.8 Å². The van der Waals surface area contributed by atoms with Gasteiger partial charge in [-0.3, -0.25) is 0 Å². The number of nitrogens with zero attached hydrogens (tertiary/aromatic N) is 2. The third-order valence-electron chi connectivity index (χ3n) is 1.69. The number of anilines is 1. The summed E-state index contributed by atoms with van der Waals surface area (Å²) in [4.78, 5) is 26.4. The number of ether oxygens (including phenoxy) is 2. The molecule has 0 spiro atoms. The summed E-state index contributed by atoms with van der Waals surface area (Å²) in [7, 11) is 1.62. The minimum Gasteiger partial charge on any atom is -0.428 e. The third kappa shape index (κ3) is 3.78. The molecule has 0 atom stereocenters. The minimum atomic E-state index is -1.06. The van der Waals surface area contributed by atoms with E-state index in [1.807, 2.05) is 0 Å². The molecule has 94 valence electrons. The number of hydrogen-bond acceptors (Lipinski definition) is 6. The Balaban J connectivity index is 2.64. The van der Waals surface area contributed by atoms with E-state index in [2.05, 4.69) is 9.72 Å². The largest absolute Gasteiger partial charge is 0.516 e. The number of carbonyl (C=O) groups excluding carboxylic acids is 2. The van der Waals surface area contributed by atoms with Crippen LogP contribution in [0.5, 0.6) is 0 Å². The molecule has 0 fully saturated rings. The molecular weight excluding hydrogens is 226 g/mol. The normalized spacial score (nSPS) is 11.1. The lowest BCUT2D eigenvalue weighted by atomic mass is 10.2. The van der Waals surface area contributed by atoms with Crippen LogP contribution in [0, 0.1) is 0 Å². The molecule has 0 amide bonds. The van der Waals surface area contributed by atoms with E-state index in [-0.39, 0.29) is 11.6 Å². The predicted molar refractivity (Wildman–Crippen MR) is 59.3 cm³/mol. The Kier molecular flexibility index (Phi) is 3.40. The van der Waals surface area contributed by atoms with Crippen molar-refractivity contribution < 1.29 is 19.1 Å². The number of imidazole rings is 1. The summed E-state index contributed by atoms with van der Waals surface area (Å²) in [6, 6.07) is 0. The zero-order valence-corrected chi connectivity index (χ0v) is 10.2. The van der Waals surface area contributed by atoms with E-state index >= 15 is 0 Å². The Morgan fingerprint density at radius 2 is 2.00 bits per heavy atom.